The first-order valence-electron chi connectivity index (χ1n) is 7.30. The van der Waals surface area contributed by atoms with Crippen LogP contribution in [-0.4, -0.2) is 32.6 Å². The van der Waals surface area contributed by atoms with Gasteiger partial charge in [0.05, 0.1) is 13.2 Å². The molecule has 2 aromatic rings. The van der Waals surface area contributed by atoms with Gasteiger partial charge in [0, 0.05) is 0 Å². The highest BCUT2D eigenvalue weighted by molar-refractivity contribution is 8.00. The molecule has 1 unspecified atom stereocenters. The lowest BCUT2D eigenvalue weighted by atomic mass is 10.2. The van der Waals surface area contributed by atoms with Crippen molar-refractivity contribution in [2.75, 3.05) is 6.61 Å². The van der Waals surface area contributed by atoms with Crippen LogP contribution in [0, 0.1) is 5.82 Å². The number of thioether (sulfide) groups is 1. The minimum Gasteiger partial charge on any atom is -0.465 e. The summed E-state index contributed by atoms with van der Waals surface area (Å²) in [5.41, 5.74) is 0.442. The van der Waals surface area contributed by atoms with Gasteiger partial charge in [0.25, 0.3) is 0 Å². The zero-order valence-corrected chi connectivity index (χ0v) is 14.2. The van der Waals surface area contributed by atoms with E-state index in [1.165, 1.54) is 19.1 Å². The van der Waals surface area contributed by atoms with Gasteiger partial charge < -0.3 is 4.74 Å². The van der Waals surface area contributed by atoms with Crippen LogP contribution in [0.15, 0.2) is 29.4 Å². The molecule has 1 aromatic heterocycles. The van der Waals surface area contributed by atoms with Gasteiger partial charge in [-0.15, -0.1) is 10.2 Å². The van der Waals surface area contributed by atoms with Crippen LogP contribution in [0.2, 0.25) is 0 Å². The van der Waals surface area contributed by atoms with E-state index in [9.17, 15) is 22.4 Å². The number of halogens is 4. The third-order valence-electron chi connectivity index (χ3n) is 3.13. The number of carbonyl (C=O) groups excluding carboxylic acids is 1. The highest BCUT2D eigenvalue weighted by Crippen LogP contribution is 2.32. The van der Waals surface area contributed by atoms with Gasteiger partial charge in [0.15, 0.2) is 5.16 Å². The summed E-state index contributed by atoms with van der Waals surface area (Å²) in [4.78, 5) is 11.7. The number of hydrogen-bond acceptors (Lipinski definition) is 5. The Hall–Kier alpha value is -2.10. The van der Waals surface area contributed by atoms with Crippen molar-refractivity contribution in [3.63, 3.8) is 0 Å². The number of alkyl halides is 3. The Labute approximate surface area is 145 Å². The van der Waals surface area contributed by atoms with Crippen LogP contribution in [0.3, 0.4) is 0 Å². The fraction of sp³-hybridized carbons (Fsp3) is 0.400. The van der Waals surface area contributed by atoms with Gasteiger partial charge in [-0.2, -0.15) is 13.2 Å². The maximum atomic E-state index is 13.2. The van der Waals surface area contributed by atoms with Crippen LogP contribution in [0.1, 0.15) is 25.2 Å². The SMILES string of the molecule is CCOC(=O)C(C)Sc1nnc(C(F)(F)F)n1Cc1ccc(F)cc1. The van der Waals surface area contributed by atoms with Gasteiger partial charge >= 0.3 is 12.1 Å². The number of hydrogen-bond donors (Lipinski definition) is 0. The average Bonchev–Trinajstić information content (AvgIpc) is 2.92. The molecular formula is C15H15F4N3O2S. The largest absolute Gasteiger partial charge is 0.465 e. The van der Waals surface area contributed by atoms with E-state index < -0.39 is 29.0 Å². The van der Waals surface area contributed by atoms with E-state index >= 15 is 0 Å². The lowest BCUT2D eigenvalue weighted by molar-refractivity contribution is -0.147. The summed E-state index contributed by atoms with van der Waals surface area (Å²) in [6, 6.07) is 5.05. The number of carbonyl (C=O) groups is 1. The highest BCUT2D eigenvalue weighted by atomic mass is 32.2. The molecule has 0 N–H and O–H groups in total. The molecule has 0 amide bonds. The maximum Gasteiger partial charge on any atom is 0.451 e. The van der Waals surface area contributed by atoms with Crippen LogP contribution >= 0.6 is 11.8 Å². The maximum absolute atomic E-state index is 13.2. The number of benzene rings is 1. The minimum absolute atomic E-state index is 0.0720. The summed E-state index contributed by atoms with van der Waals surface area (Å²) in [7, 11) is 0. The van der Waals surface area contributed by atoms with Crippen molar-refractivity contribution in [1.29, 1.82) is 0 Å². The van der Waals surface area contributed by atoms with Crippen LogP contribution in [0.4, 0.5) is 17.6 Å². The second kappa shape index (κ2) is 7.85. The zero-order chi connectivity index (χ0) is 18.6. The first kappa shape index (κ1) is 19.2. The molecular weight excluding hydrogens is 362 g/mol. The van der Waals surface area contributed by atoms with Crippen LogP contribution < -0.4 is 0 Å². The minimum atomic E-state index is -4.71. The molecule has 1 heterocycles. The van der Waals surface area contributed by atoms with E-state index in [1.807, 2.05) is 0 Å². The van der Waals surface area contributed by atoms with Crippen molar-refractivity contribution in [3.8, 4) is 0 Å². The van der Waals surface area contributed by atoms with Crippen molar-refractivity contribution in [2.24, 2.45) is 0 Å². The predicted molar refractivity (Wildman–Crippen MR) is 82.5 cm³/mol. The van der Waals surface area contributed by atoms with E-state index in [1.54, 1.807) is 6.92 Å². The first-order valence-corrected chi connectivity index (χ1v) is 8.18. The molecule has 0 saturated carbocycles. The van der Waals surface area contributed by atoms with E-state index in [0.29, 0.717) is 5.56 Å². The molecule has 136 valence electrons. The van der Waals surface area contributed by atoms with Crippen LogP contribution in [0.25, 0.3) is 0 Å². The number of rotatable bonds is 6. The molecule has 0 aliphatic rings. The Morgan fingerprint density at radius 1 is 1.28 bits per heavy atom. The molecule has 0 aliphatic carbocycles. The van der Waals surface area contributed by atoms with Gasteiger partial charge in [-0.1, -0.05) is 23.9 Å². The van der Waals surface area contributed by atoms with E-state index in [2.05, 4.69) is 10.2 Å². The molecule has 0 spiro atoms. The van der Waals surface area contributed by atoms with Crippen molar-refractivity contribution >= 4 is 17.7 Å². The lowest BCUT2D eigenvalue weighted by Crippen LogP contribution is -2.19. The van der Waals surface area contributed by atoms with E-state index in [0.717, 1.165) is 28.5 Å². The molecule has 0 radical (unpaired) electrons. The molecule has 1 atom stereocenters. The Bertz CT molecular complexity index is 731. The second-order valence-corrected chi connectivity index (χ2v) is 6.34. The molecule has 0 aliphatic heterocycles. The number of aromatic nitrogens is 3. The normalized spacial score (nSPS) is 12.9. The van der Waals surface area contributed by atoms with Gasteiger partial charge in [-0.3, -0.25) is 9.36 Å². The molecule has 5 nitrogen and oxygen atoms in total. The van der Waals surface area contributed by atoms with Gasteiger partial charge in [-0.05, 0) is 31.5 Å². The van der Waals surface area contributed by atoms with Crippen molar-refractivity contribution in [2.45, 2.75) is 37.0 Å². The number of esters is 1. The number of ether oxygens (including phenoxy) is 1. The predicted octanol–water partition coefficient (Wildman–Crippen LogP) is 3.53. The summed E-state index contributed by atoms with van der Waals surface area (Å²) >= 11 is 0.818. The standard InChI is InChI=1S/C15H15F4N3O2S/c1-3-24-12(23)9(2)25-14-21-20-13(15(17,18)19)22(14)8-10-4-6-11(16)7-5-10/h4-7,9H,3,8H2,1-2H3. The van der Waals surface area contributed by atoms with Gasteiger partial charge in [0.1, 0.15) is 11.1 Å². The molecule has 1 aromatic carbocycles. The summed E-state index contributed by atoms with van der Waals surface area (Å²) < 4.78 is 58.2. The van der Waals surface area contributed by atoms with Gasteiger partial charge in [0.2, 0.25) is 5.82 Å². The fourth-order valence-corrected chi connectivity index (χ4v) is 2.81. The summed E-state index contributed by atoms with van der Waals surface area (Å²) in [6.07, 6.45) is -4.71. The van der Waals surface area contributed by atoms with Crippen LogP contribution in [0.5, 0.6) is 0 Å². The Kier molecular flexibility index (Phi) is 6.04. The second-order valence-electron chi connectivity index (χ2n) is 5.03. The molecule has 2 rings (SSSR count). The smallest absolute Gasteiger partial charge is 0.451 e. The summed E-state index contributed by atoms with van der Waals surface area (Å²) in [5.74, 6) is -2.23. The van der Waals surface area contributed by atoms with Crippen molar-refractivity contribution in [1.82, 2.24) is 14.8 Å². The van der Waals surface area contributed by atoms with Crippen molar-refractivity contribution < 1.29 is 27.1 Å². The number of nitrogens with zero attached hydrogens (tertiary/aromatic N) is 3. The average molecular weight is 377 g/mol. The lowest BCUT2D eigenvalue weighted by Gasteiger charge is -2.14. The monoisotopic (exact) mass is 377 g/mol. The molecule has 0 saturated heterocycles. The van der Waals surface area contributed by atoms with Gasteiger partial charge in [-0.25, -0.2) is 4.39 Å². The van der Waals surface area contributed by atoms with E-state index in [4.69, 9.17) is 4.74 Å². The Balaban J connectivity index is 2.32. The topological polar surface area (TPSA) is 57.0 Å². The van der Waals surface area contributed by atoms with E-state index in [-0.39, 0.29) is 18.3 Å². The molecule has 10 heteroatoms. The summed E-state index contributed by atoms with van der Waals surface area (Å²) in [6.45, 7) is 3.10. The first-order chi connectivity index (χ1) is 11.7. The third-order valence-corrected chi connectivity index (χ3v) is 4.18. The Morgan fingerprint density at radius 2 is 1.92 bits per heavy atom. The van der Waals surface area contributed by atoms with Crippen molar-refractivity contribution in [3.05, 3.63) is 41.5 Å². The molecule has 0 bridgehead atoms. The zero-order valence-electron chi connectivity index (χ0n) is 13.4. The highest BCUT2D eigenvalue weighted by Gasteiger charge is 2.39. The quantitative estimate of drug-likeness (QED) is 0.438. The molecule has 0 fully saturated rings. The summed E-state index contributed by atoms with van der Waals surface area (Å²) in [5, 5.41) is 5.93. The fourth-order valence-electron chi connectivity index (χ4n) is 1.97. The Morgan fingerprint density at radius 3 is 2.48 bits per heavy atom. The third kappa shape index (κ3) is 4.94. The van der Waals surface area contributed by atoms with Crippen LogP contribution in [-0.2, 0) is 22.3 Å². The molecule has 25 heavy (non-hydrogen) atoms.